The molecule has 0 aliphatic heterocycles. The number of benzene rings is 1. The lowest BCUT2D eigenvalue weighted by Gasteiger charge is -2.05. The van der Waals surface area contributed by atoms with Crippen molar-refractivity contribution in [2.45, 2.75) is 6.92 Å². The Kier molecular flexibility index (Phi) is 5.28. The zero-order chi connectivity index (χ0) is 15.9. The second-order valence-corrected chi connectivity index (χ2v) is 5.42. The van der Waals surface area contributed by atoms with E-state index in [1.807, 2.05) is 37.3 Å². The predicted octanol–water partition coefficient (Wildman–Crippen LogP) is 3.61. The lowest BCUT2D eigenvalue weighted by Crippen LogP contribution is -2.14. The average molecular weight is 357 g/mol. The van der Waals surface area contributed by atoms with Crippen LogP contribution in [0.1, 0.15) is 5.56 Å². The quantitative estimate of drug-likeness (QED) is 0.647. The zero-order valence-electron chi connectivity index (χ0n) is 11.8. The Morgan fingerprint density at radius 1 is 1.36 bits per heavy atom. The Hall–Kier alpha value is -2.65. The maximum absolute atomic E-state index is 12.1. The van der Waals surface area contributed by atoms with Crippen molar-refractivity contribution in [1.82, 2.24) is 4.98 Å². The first-order chi connectivity index (χ1) is 10.6. The largest absolute Gasteiger partial charge is 0.345 e. The number of nitriles is 1. The maximum atomic E-state index is 12.1. The number of rotatable bonds is 4. The number of pyridine rings is 1. The normalized spacial score (nSPS) is 10.7. The fourth-order valence-electron chi connectivity index (χ4n) is 1.68. The van der Waals surface area contributed by atoms with Crippen LogP contribution in [0.2, 0.25) is 0 Å². The van der Waals surface area contributed by atoms with Gasteiger partial charge in [0.15, 0.2) is 0 Å². The Labute approximate surface area is 136 Å². The van der Waals surface area contributed by atoms with E-state index in [0.29, 0.717) is 11.5 Å². The Balaban J connectivity index is 2.07. The Bertz CT molecular complexity index is 747. The van der Waals surface area contributed by atoms with Gasteiger partial charge in [0, 0.05) is 22.6 Å². The monoisotopic (exact) mass is 356 g/mol. The summed E-state index contributed by atoms with van der Waals surface area (Å²) < 4.78 is 0.847. The van der Waals surface area contributed by atoms with E-state index in [1.54, 1.807) is 18.3 Å². The number of anilines is 2. The van der Waals surface area contributed by atoms with Gasteiger partial charge < -0.3 is 10.6 Å². The maximum Gasteiger partial charge on any atom is 0.267 e. The molecule has 2 rings (SSSR count). The van der Waals surface area contributed by atoms with Gasteiger partial charge in [-0.15, -0.1) is 0 Å². The first-order valence-electron chi connectivity index (χ1n) is 6.45. The number of aryl methyl sites for hydroxylation is 1. The van der Waals surface area contributed by atoms with Crippen molar-refractivity contribution < 1.29 is 4.79 Å². The molecule has 1 aromatic heterocycles. The first-order valence-corrected chi connectivity index (χ1v) is 7.24. The molecular formula is C16H13BrN4O. The van der Waals surface area contributed by atoms with Crippen molar-refractivity contribution in [2.75, 3.05) is 10.6 Å². The van der Waals surface area contributed by atoms with E-state index < -0.39 is 5.91 Å². The molecule has 6 heteroatoms. The van der Waals surface area contributed by atoms with Crippen LogP contribution in [0.4, 0.5) is 11.5 Å². The molecular weight excluding hydrogens is 344 g/mol. The van der Waals surface area contributed by atoms with Crippen LogP contribution in [-0.2, 0) is 4.79 Å². The highest BCUT2D eigenvalue weighted by Crippen LogP contribution is 2.12. The van der Waals surface area contributed by atoms with Crippen LogP contribution in [0.3, 0.4) is 0 Å². The molecule has 0 spiro atoms. The molecule has 1 amide bonds. The van der Waals surface area contributed by atoms with Gasteiger partial charge in [0.05, 0.1) is 0 Å². The van der Waals surface area contributed by atoms with E-state index in [2.05, 4.69) is 31.5 Å². The average Bonchev–Trinajstić information content (AvgIpc) is 2.49. The Morgan fingerprint density at radius 3 is 2.82 bits per heavy atom. The van der Waals surface area contributed by atoms with Crippen LogP contribution in [-0.4, -0.2) is 10.9 Å². The predicted molar refractivity (Wildman–Crippen MR) is 89.1 cm³/mol. The van der Waals surface area contributed by atoms with Crippen LogP contribution in [0.5, 0.6) is 0 Å². The van der Waals surface area contributed by atoms with E-state index >= 15 is 0 Å². The highest BCUT2D eigenvalue weighted by molar-refractivity contribution is 9.10. The molecule has 0 saturated carbocycles. The van der Waals surface area contributed by atoms with Gasteiger partial charge in [-0.1, -0.05) is 12.1 Å². The summed E-state index contributed by atoms with van der Waals surface area (Å²) in [6, 6.07) is 12.8. The van der Waals surface area contributed by atoms with E-state index in [9.17, 15) is 4.79 Å². The summed E-state index contributed by atoms with van der Waals surface area (Å²) in [4.78, 5) is 16.2. The number of hydrogen-bond donors (Lipinski definition) is 2. The second-order valence-electron chi connectivity index (χ2n) is 4.50. The second kappa shape index (κ2) is 7.38. The van der Waals surface area contributed by atoms with E-state index in [0.717, 1.165) is 10.0 Å². The van der Waals surface area contributed by atoms with E-state index in [1.165, 1.54) is 6.20 Å². The molecule has 0 bridgehead atoms. The van der Waals surface area contributed by atoms with E-state index in [4.69, 9.17) is 5.26 Å². The molecule has 1 aromatic carbocycles. The molecule has 22 heavy (non-hydrogen) atoms. The number of amides is 1. The van der Waals surface area contributed by atoms with Gasteiger partial charge in [-0.05, 0) is 52.7 Å². The molecule has 0 saturated heterocycles. The molecule has 110 valence electrons. The third-order valence-electron chi connectivity index (χ3n) is 2.73. The third kappa shape index (κ3) is 4.43. The summed E-state index contributed by atoms with van der Waals surface area (Å²) in [5, 5.41) is 14.6. The summed E-state index contributed by atoms with van der Waals surface area (Å²) in [7, 11) is 0. The molecule has 2 N–H and O–H groups in total. The summed E-state index contributed by atoms with van der Waals surface area (Å²) >= 11 is 3.28. The standard InChI is InChI=1S/C16H13BrN4O/c1-11-3-2-4-14(7-11)21-16(22)12(8-18)9-19-15-6-5-13(17)10-20-15/h2-7,9-10H,1H3,(H,19,20)(H,21,22)/b12-9-. The highest BCUT2D eigenvalue weighted by Gasteiger charge is 2.09. The third-order valence-corrected chi connectivity index (χ3v) is 3.20. The number of aromatic nitrogens is 1. The number of hydrogen-bond acceptors (Lipinski definition) is 4. The molecule has 0 radical (unpaired) electrons. The van der Waals surface area contributed by atoms with Crippen LogP contribution >= 0.6 is 15.9 Å². The van der Waals surface area contributed by atoms with Gasteiger partial charge >= 0.3 is 0 Å². The van der Waals surface area contributed by atoms with Crippen molar-refractivity contribution in [1.29, 1.82) is 5.26 Å². The molecule has 2 aromatic rings. The lowest BCUT2D eigenvalue weighted by molar-refractivity contribution is -0.112. The molecule has 0 aliphatic carbocycles. The van der Waals surface area contributed by atoms with Crippen LogP contribution in [0.15, 0.2) is 58.8 Å². The minimum atomic E-state index is -0.474. The van der Waals surface area contributed by atoms with Gasteiger partial charge in [0.1, 0.15) is 17.5 Å². The van der Waals surface area contributed by atoms with Crippen LogP contribution in [0, 0.1) is 18.3 Å². The fraction of sp³-hybridized carbons (Fsp3) is 0.0625. The molecule has 0 aliphatic rings. The lowest BCUT2D eigenvalue weighted by atomic mass is 10.2. The van der Waals surface area contributed by atoms with Crippen molar-refractivity contribution in [2.24, 2.45) is 0 Å². The minimum absolute atomic E-state index is 0.0359. The SMILES string of the molecule is Cc1cccc(NC(=O)/C(C#N)=C\Nc2ccc(Br)cn2)c1. The van der Waals surface area contributed by atoms with Gasteiger partial charge in [-0.2, -0.15) is 5.26 Å². The van der Waals surface area contributed by atoms with Crippen LogP contribution in [0.25, 0.3) is 0 Å². The number of halogens is 1. The number of carbonyl (C=O) groups excluding carboxylic acids is 1. The topological polar surface area (TPSA) is 77.8 Å². The van der Waals surface area contributed by atoms with Crippen molar-refractivity contribution >= 4 is 33.3 Å². The Morgan fingerprint density at radius 2 is 2.18 bits per heavy atom. The number of nitrogens with zero attached hydrogens (tertiary/aromatic N) is 2. The fourth-order valence-corrected chi connectivity index (χ4v) is 1.91. The van der Waals surface area contributed by atoms with Crippen LogP contribution < -0.4 is 10.6 Å². The number of carbonyl (C=O) groups is 1. The zero-order valence-corrected chi connectivity index (χ0v) is 13.4. The van der Waals surface area contributed by atoms with Crippen molar-refractivity contribution in [3.8, 4) is 6.07 Å². The molecule has 5 nitrogen and oxygen atoms in total. The van der Waals surface area contributed by atoms with Gasteiger partial charge in [0.2, 0.25) is 0 Å². The molecule has 0 unspecified atom stereocenters. The summed E-state index contributed by atoms with van der Waals surface area (Å²) in [6.07, 6.45) is 2.95. The van der Waals surface area contributed by atoms with Crippen molar-refractivity contribution in [3.63, 3.8) is 0 Å². The highest BCUT2D eigenvalue weighted by atomic mass is 79.9. The summed E-state index contributed by atoms with van der Waals surface area (Å²) in [6.45, 7) is 1.93. The number of nitrogens with one attached hydrogen (secondary N) is 2. The minimum Gasteiger partial charge on any atom is -0.345 e. The summed E-state index contributed by atoms with van der Waals surface area (Å²) in [5.41, 5.74) is 1.64. The van der Waals surface area contributed by atoms with Gasteiger partial charge in [-0.3, -0.25) is 4.79 Å². The van der Waals surface area contributed by atoms with Crippen molar-refractivity contribution in [3.05, 3.63) is 64.4 Å². The first kappa shape index (κ1) is 15.7. The smallest absolute Gasteiger partial charge is 0.267 e. The van der Waals surface area contributed by atoms with Gasteiger partial charge in [0.25, 0.3) is 5.91 Å². The molecule has 1 heterocycles. The van der Waals surface area contributed by atoms with E-state index in [-0.39, 0.29) is 5.57 Å². The summed E-state index contributed by atoms with van der Waals surface area (Å²) in [5.74, 6) is 0.0667. The molecule has 0 fully saturated rings. The van der Waals surface area contributed by atoms with Gasteiger partial charge in [-0.25, -0.2) is 4.98 Å². The molecule has 0 atom stereocenters.